The summed E-state index contributed by atoms with van der Waals surface area (Å²) in [6, 6.07) is 27.4. The van der Waals surface area contributed by atoms with Crippen molar-refractivity contribution in [3.05, 3.63) is 96.1 Å². The normalized spacial score (nSPS) is 19.0. The molecule has 1 amide bonds. The number of rotatable bonds is 11. The summed E-state index contributed by atoms with van der Waals surface area (Å²) in [7, 11) is 0. The van der Waals surface area contributed by atoms with Gasteiger partial charge in [0.1, 0.15) is 5.69 Å². The van der Waals surface area contributed by atoms with E-state index in [1.54, 1.807) is 0 Å². The van der Waals surface area contributed by atoms with Crippen LogP contribution in [0.4, 0.5) is 0 Å². The molecule has 1 fully saturated rings. The van der Waals surface area contributed by atoms with E-state index < -0.39 is 24.3 Å². The number of carbonyl (C=O) groups is 2. The maximum Gasteiger partial charge on any atom is 0.303 e. The predicted octanol–water partition coefficient (Wildman–Crippen LogP) is 5.53. The molecule has 1 saturated heterocycles. The number of aliphatic hydroxyl groups is 1. The lowest BCUT2D eigenvalue weighted by atomic mass is 10.0. The zero-order valence-electron chi connectivity index (χ0n) is 24.0. The number of benzene rings is 3. The van der Waals surface area contributed by atoms with E-state index in [-0.39, 0.29) is 25.4 Å². The Bertz CT molecular complexity index is 1440. The highest BCUT2D eigenvalue weighted by Crippen LogP contribution is 2.38. The molecule has 1 aromatic heterocycles. The van der Waals surface area contributed by atoms with E-state index in [2.05, 4.69) is 5.32 Å². The topological polar surface area (TPSA) is 120 Å². The van der Waals surface area contributed by atoms with Crippen molar-refractivity contribution in [3.8, 4) is 22.6 Å². The Morgan fingerprint density at radius 3 is 2.33 bits per heavy atom. The van der Waals surface area contributed by atoms with Gasteiger partial charge >= 0.3 is 5.97 Å². The molecule has 1 aliphatic rings. The smallest absolute Gasteiger partial charge is 0.303 e. The van der Waals surface area contributed by atoms with Gasteiger partial charge in [0.05, 0.1) is 25.4 Å². The van der Waals surface area contributed by atoms with Crippen molar-refractivity contribution in [2.24, 2.45) is 0 Å². The molecule has 0 spiro atoms. The van der Waals surface area contributed by atoms with E-state index in [1.807, 2.05) is 84.9 Å². The Morgan fingerprint density at radius 2 is 1.67 bits per heavy atom. The number of carbonyl (C=O) groups excluding carboxylic acids is 2. The summed E-state index contributed by atoms with van der Waals surface area (Å²) >= 11 is 1.46. The van der Waals surface area contributed by atoms with Crippen LogP contribution in [-0.2, 0) is 30.4 Å². The van der Waals surface area contributed by atoms with Crippen LogP contribution in [0.5, 0.6) is 0 Å². The first kappa shape index (κ1) is 30.5. The van der Waals surface area contributed by atoms with Crippen molar-refractivity contribution in [1.82, 2.24) is 10.3 Å². The lowest BCUT2D eigenvalue weighted by molar-refractivity contribution is -0.237. The zero-order valence-corrected chi connectivity index (χ0v) is 24.8. The van der Waals surface area contributed by atoms with Gasteiger partial charge in [-0.2, -0.15) is 0 Å². The Balaban J connectivity index is 1.32. The third-order valence-electron chi connectivity index (χ3n) is 6.91. The van der Waals surface area contributed by atoms with Crippen molar-refractivity contribution in [2.75, 3.05) is 12.3 Å². The highest BCUT2D eigenvalue weighted by molar-refractivity contribution is 7.99. The lowest BCUT2D eigenvalue weighted by Crippen LogP contribution is -2.45. The van der Waals surface area contributed by atoms with Crippen LogP contribution in [0.3, 0.4) is 0 Å². The first-order valence-electron chi connectivity index (χ1n) is 14.1. The van der Waals surface area contributed by atoms with Crippen LogP contribution in [0.15, 0.2) is 94.6 Å². The molecule has 9 nitrogen and oxygen atoms in total. The van der Waals surface area contributed by atoms with E-state index in [1.165, 1.54) is 25.6 Å². The second-order valence-corrected chi connectivity index (χ2v) is 11.1. The van der Waals surface area contributed by atoms with E-state index >= 15 is 0 Å². The summed E-state index contributed by atoms with van der Waals surface area (Å²) in [6.07, 6.45) is -1.65. The molecule has 0 radical (unpaired) electrons. The summed E-state index contributed by atoms with van der Waals surface area (Å²) in [5.74, 6) is 0.260. The quantitative estimate of drug-likeness (QED) is 0.169. The van der Waals surface area contributed by atoms with Crippen molar-refractivity contribution in [1.29, 1.82) is 0 Å². The molecular weight excluding hydrogens is 568 g/mol. The van der Waals surface area contributed by atoms with Crippen LogP contribution >= 0.6 is 11.8 Å². The predicted molar refractivity (Wildman–Crippen MR) is 162 cm³/mol. The molecule has 0 bridgehead atoms. The molecule has 1 unspecified atom stereocenters. The second-order valence-electron chi connectivity index (χ2n) is 10.1. The van der Waals surface area contributed by atoms with Crippen molar-refractivity contribution in [3.63, 3.8) is 0 Å². The maximum absolute atomic E-state index is 12.5. The summed E-state index contributed by atoms with van der Waals surface area (Å²) in [5, 5.41) is 12.7. The molecule has 4 aromatic rings. The molecule has 224 valence electrons. The van der Waals surface area contributed by atoms with E-state index in [4.69, 9.17) is 23.6 Å². The summed E-state index contributed by atoms with van der Waals surface area (Å²) < 4.78 is 23.7. The number of hydrogen-bond acceptors (Lipinski definition) is 9. The number of aromatic nitrogens is 1. The molecule has 43 heavy (non-hydrogen) atoms. The molecule has 4 atom stereocenters. The Morgan fingerprint density at radius 1 is 1.00 bits per heavy atom. The van der Waals surface area contributed by atoms with Crippen LogP contribution in [0.2, 0.25) is 0 Å². The average molecular weight is 603 g/mol. The van der Waals surface area contributed by atoms with Gasteiger partial charge in [0, 0.05) is 30.2 Å². The number of hydrogen-bond donors (Lipinski definition) is 2. The number of nitrogens with one attached hydrogen (secondary N) is 1. The fourth-order valence-corrected chi connectivity index (χ4v) is 5.61. The van der Waals surface area contributed by atoms with E-state index in [0.717, 1.165) is 27.9 Å². The number of nitrogens with zero attached hydrogens (tertiary/aromatic N) is 1. The average Bonchev–Trinajstić information content (AvgIpc) is 3.47. The van der Waals surface area contributed by atoms with Gasteiger partial charge < -0.3 is 29.1 Å². The van der Waals surface area contributed by atoms with Gasteiger partial charge in [-0.1, -0.05) is 96.7 Å². The molecule has 10 heteroatoms. The van der Waals surface area contributed by atoms with Crippen molar-refractivity contribution in [2.45, 2.75) is 56.7 Å². The van der Waals surface area contributed by atoms with Gasteiger partial charge in [0.15, 0.2) is 18.2 Å². The SMILES string of the molecule is CC(=O)O[C@@H](C)C(=O)NCC1O[C@H](CSc2nc(-c3ccccc3)c(-c3ccccc3)o2)C[C@H](c2ccc(CO)cc2)O1. The largest absolute Gasteiger partial charge is 0.453 e. The molecular formula is C33H34N2O7S. The Hall–Kier alpha value is -3.96. The fraction of sp³-hybridized carbons (Fsp3) is 0.303. The monoisotopic (exact) mass is 602 g/mol. The van der Waals surface area contributed by atoms with E-state index in [0.29, 0.717) is 23.2 Å². The zero-order chi connectivity index (χ0) is 30.2. The molecule has 1 aliphatic heterocycles. The van der Waals surface area contributed by atoms with Gasteiger partial charge in [0.2, 0.25) is 0 Å². The third-order valence-corrected chi connectivity index (χ3v) is 7.87. The summed E-state index contributed by atoms with van der Waals surface area (Å²) in [4.78, 5) is 28.5. The number of ether oxygens (including phenoxy) is 3. The van der Waals surface area contributed by atoms with Gasteiger partial charge in [-0.25, -0.2) is 4.98 Å². The molecule has 2 heterocycles. The first-order chi connectivity index (χ1) is 20.9. The molecule has 0 saturated carbocycles. The Labute approximate surface area is 254 Å². The number of esters is 1. The number of oxazole rings is 1. The highest BCUT2D eigenvalue weighted by atomic mass is 32.2. The van der Waals surface area contributed by atoms with Crippen LogP contribution in [-0.4, -0.2) is 52.8 Å². The maximum atomic E-state index is 12.5. The fourth-order valence-electron chi connectivity index (χ4n) is 4.77. The molecule has 5 rings (SSSR count). The lowest BCUT2D eigenvalue weighted by Gasteiger charge is -2.36. The Kier molecular flexibility index (Phi) is 10.3. The van der Waals surface area contributed by atoms with Crippen LogP contribution < -0.4 is 5.32 Å². The third kappa shape index (κ3) is 8.11. The highest BCUT2D eigenvalue weighted by Gasteiger charge is 2.32. The number of aliphatic hydroxyl groups excluding tert-OH is 1. The molecule has 0 aliphatic carbocycles. The van der Waals surface area contributed by atoms with Crippen molar-refractivity contribution >= 4 is 23.6 Å². The van der Waals surface area contributed by atoms with Gasteiger partial charge in [-0.3, -0.25) is 9.59 Å². The standard InChI is InChI=1S/C33H34N2O7S/c1-21(39-22(2)37)32(38)34-18-29-40-27(17-28(41-29)24-15-13-23(19-36)14-16-24)20-43-33-35-30(25-9-5-3-6-10-25)31(42-33)26-11-7-4-8-12-26/h3-16,21,27-29,36H,17-20H2,1-2H3,(H,34,38)/t21-,27-,28+,29?/m0/s1. The van der Waals surface area contributed by atoms with Crippen LogP contribution in [0.1, 0.15) is 37.5 Å². The van der Waals surface area contributed by atoms with Crippen molar-refractivity contribution < 1.29 is 33.3 Å². The minimum atomic E-state index is -0.933. The van der Waals surface area contributed by atoms with Gasteiger partial charge in [0.25, 0.3) is 11.1 Å². The minimum absolute atomic E-state index is 0.0462. The number of amides is 1. The van der Waals surface area contributed by atoms with E-state index in [9.17, 15) is 14.7 Å². The van der Waals surface area contributed by atoms with Crippen LogP contribution in [0.25, 0.3) is 22.6 Å². The van der Waals surface area contributed by atoms with Gasteiger partial charge in [-0.15, -0.1) is 0 Å². The second kappa shape index (κ2) is 14.5. The molecule has 3 aromatic carbocycles. The summed E-state index contributed by atoms with van der Waals surface area (Å²) in [5.41, 5.74) is 4.41. The number of thioether (sulfide) groups is 1. The molecule has 2 N–H and O–H groups in total. The minimum Gasteiger partial charge on any atom is -0.453 e. The van der Waals surface area contributed by atoms with Gasteiger partial charge in [-0.05, 0) is 18.1 Å². The summed E-state index contributed by atoms with van der Waals surface area (Å²) in [6.45, 7) is 2.79. The van der Waals surface area contributed by atoms with Crippen LogP contribution in [0, 0.1) is 0 Å². The first-order valence-corrected chi connectivity index (χ1v) is 15.1.